The fraction of sp³-hybridized carbons (Fsp3) is 0.882. The van der Waals surface area contributed by atoms with Gasteiger partial charge in [0.25, 0.3) is 0 Å². The molecule has 0 unspecified atom stereocenters. The molecular weight excluding hydrogens is 252 g/mol. The molecule has 0 heterocycles. The Morgan fingerprint density at radius 2 is 1.60 bits per heavy atom. The van der Waals surface area contributed by atoms with Crippen molar-refractivity contribution in [3.8, 4) is 0 Å². The van der Waals surface area contributed by atoms with Crippen LogP contribution in [-0.4, -0.2) is 18.4 Å². The van der Waals surface area contributed by atoms with Crippen LogP contribution in [0.4, 0.5) is 0 Å². The maximum atomic E-state index is 12.5. The number of ether oxygens (including phenoxy) is 1. The highest BCUT2D eigenvalue weighted by molar-refractivity contribution is 6.05. The Bertz CT molecular complexity index is 336. The lowest BCUT2D eigenvalue weighted by Crippen LogP contribution is -2.56. The predicted molar refractivity (Wildman–Crippen MR) is 78.4 cm³/mol. The predicted octanol–water partition coefficient (Wildman–Crippen LogP) is 4.04. The molecule has 0 amide bonds. The number of carbonyl (C=O) groups excluding carboxylic acids is 2. The normalized spacial score (nSPS) is 23.7. The second kappa shape index (κ2) is 6.28. The SMILES string of the molecule is CCCC(=O)C1(C(=O)OCC)CC2(CCCCCC2)C1. The molecule has 2 fully saturated rings. The average Bonchev–Trinajstić information content (AvgIpc) is 2.62. The van der Waals surface area contributed by atoms with E-state index in [9.17, 15) is 9.59 Å². The number of ketones is 1. The van der Waals surface area contributed by atoms with Crippen LogP contribution in [0.5, 0.6) is 0 Å². The van der Waals surface area contributed by atoms with Crippen molar-refractivity contribution in [2.75, 3.05) is 6.61 Å². The molecule has 3 heteroatoms. The highest BCUT2D eigenvalue weighted by atomic mass is 16.5. The zero-order valence-electron chi connectivity index (χ0n) is 13.0. The van der Waals surface area contributed by atoms with Crippen LogP contribution in [0.1, 0.15) is 78.1 Å². The number of rotatable bonds is 5. The molecule has 2 aliphatic rings. The minimum absolute atomic E-state index is 0.119. The van der Waals surface area contributed by atoms with Crippen LogP contribution >= 0.6 is 0 Å². The van der Waals surface area contributed by atoms with Crippen LogP contribution in [-0.2, 0) is 14.3 Å². The molecule has 114 valence electrons. The molecule has 20 heavy (non-hydrogen) atoms. The van der Waals surface area contributed by atoms with Crippen molar-refractivity contribution in [1.29, 1.82) is 0 Å². The lowest BCUT2D eigenvalue weighted by Gasteiger charge is -2.53. The second-order valence-electron chi connectivity index (χ2n) is 6.74. The zero-order valence-corrected chi connectivity index (χ0v) is 13.0. The van der Waals surface area contributed by atoms with Gasteiger partial charge in [-0.25, -0.2) is 0 Å². The van der Waals surface area contributed by atoms with Gasteiger partial charge in [-0.1, -0.05) is 32.6 Å². The van der Waals surface area contributed by atoms with Gasteiger partial charge in [-0.05, 0) is 44.4 Å². The number of hydrogen-bond acceptors (Lipinski definition) is 3. The maximum Gasteiger partial charge on any atom is 0.319 e. The van der Waals surface area contributed by atoms with Gasteiger partial charge in [0.1, 0.15) is 11.2 Å². The Balaban J connectivity index is 2.11. The Kier molecular flexibility index (Phi) is 4.87. The molecule has 0 aromatic rings. The van der Waals surface area contributed by atoms with E-state index in [1.54, 1.807) is 0 Å². The van der Waals surface area contributed by atoms with Crippen molar-refractivity contribution >= 4 is 11.8 Å². The average molecular weight is 280 g/mol. The van der Waals surface area contributed by atoms with Gasteiger partial charge in [-0.15, -0.1) is 0 Å². The van der Waals surface area contributed by atoms with E-state index in [2.05, 4.69) is 0 Å². The molecule has 3 nitrogen and oxygen atoms in total. The lowest BCUT2D eigenvalue weighted by molar-refractivity contribution is -0.179. The molecule has 1 spiro atoms. The zero-order chi connectivity index (χ0) is 14.6. The van der Waals surface area contributed by atoms with E-state index in [-0.39, 0.29) is 17.2 Å². The smallest absolute Gasteiger partial charge is 0.319 e. The van der Waals surface area contributed by atoms with Crippen LogP contribution in [0.25, 0.3) is 0 Å². The molecule has 0 aromatic heterocycles. The Morgan fingerprint density at radius 1 is 1.00 bits per heavy atom. The highest BCUT2D eigenvalue weighted by Gasteiger charge is 2.62. The van der Waals surface area contributed by atoms with Gasteiger partial charge < -0.3 is 4.74 Å². The highest BCUT2D eigenvalue weighted by Crippen LogP contribution is 2.61. The van der Waals surface area contributed by atoms with Crippen molar-refractivity contribution in [3.63, 3.8) is 0 Å². The summed E-state index contributed by atoms with van der Waals surface area (Å²) in [5.41, 5.74) is -0.539. The molecule has 2 aliphatic carbocycles. The van der Waals surface area contributed by atoms with Gasteiger partial charge in [0.05, 0.1) is 6.61 Å². The van der Waals surface area contributed by atoms with Crippen LogP contribution in [0.15, 0.2) is 0 Å². The van der Waals surface area contributed by atoms with E-state index >= 15 is 0 Å². The molecule has 2 saturated carbocycles. The van der Waals surface area contributed by atoms with Crippen LogP contribution < -0.4 is 0 Å². The summed E-state index contributed by atoms with van der Waals surface area (Å²) in [7, 11) is 0. The molecule has 0 bridgehead atoms. The van der Waals surface area contributed by atoms with Gasteiger partial charge in [-0.2, -0.15) is 0 Å². The Labute approximate surface area is 122 Å². The first kappa shape index (κ1) is 15.5. The lowest BCUT2D eigenvalue weighted by atomic mass is 9.48. The molecule has 0 N–H and O–H groups in total. The van der Waals surface area contributed by atoms with Gasteiger partial charge in [-0.3, -0.25) is 9.59 Å². The minimum atomic E-state index is -0.795. The van der Waals surface area contributed by atoms with Gasteiger partial charge >= 0.3 is 5.97 Å². The molecule has 0 radical (unpaired) electrons. The van der Waals surface area contributed by atoms with Gasteiger partial charge in [0, 0.05) is 6.42 Å². The van der Waals surface area contributed by atoms with Crippen molar-refractivity contribution in [2.45, 2.75) is 78.1 Å². The summed E-state index contributed by atoms with van der Waals surface area (Å²) in [6.07, 6.45) is 10.3. The number of esters is 1. The summed E-state index contributed by atoms with van der Waals surface area (Å²) in [4.78, 5) is 24.8. The first-order valence-electron chi connectivity index (χ1n) is 8.29. The molecular formula is C17H28O3. The summed E-state index contributed by atoms with van der Waals surface area (Å²) in [5, 5.41) is 0. The molecule has 0 saturated heterocycles. The van der Waals surface area contributed by atoms with E-state index in [1.165, 1.54) is 38.5 Å². The number of carbonyl (C=O) groups is 2. The summed E-state index contributed by atoms with van der Waals surface area (Å²) >= 11 is 0. The monoisotopic (exact) mass is 280 g/mol. The van der Waals surface area contributed by atoms with E-state index < -0.39 is 5.41 Å². The summed E-state index contributed by atoms with van der Waals surface area (Å²) in [5.74, 6) is -0.137. The van der Waals surface area contributed by atoms with E-state index in [0.29, 0.717) is 13.0 Å². The third kappa shape index (κ3) is 2.77. The van der Waals surface area contributed by atoms with Crippen LogP contribution in [0, 0.1) is 10.8 Å². The Morgan fingerprint density at radius 3 is 2.10 bits per heavy atom. The largest absolute Gasteiger partial charge is 0.465 e. The second-order valence-corrected chi connectivity index (χ2v) is 6.74. The fourth-order valence-corrected chi connectivity index (χ4v) is 4.25. The van der Waals surface area contributed by atoms with E-state index in [1.807, 2.05) is 13.8 Å². The number of hydrogen-bond donors (Lipinski definition) is 0. The molecule has 0 atom stereocenters. The minimum Gasteiger partial charge on any atom is -0.465 e. The molecule has 0 aliphatic heterocycles. The van der Waals surface area contributed by atoms with Crippen molar-refractivity contribution in [1.82, 2.24) is 0 Å². The van der Waals surface area contributed by atoms with E-state index in [4.69, 9.17) is 4.74 Å². The topological polar surface area (TPSA) is 43.4 Å². The fourth-order valence-electron chi connectivity index (χ4n) is 4.25. The third-order valence-corrected chi connectivity index (χ3v) is 5.19. The van der Waals surface area contributed by atoms with Gasteiger partial charge in [0.2, 0.25) is 0 Å². The van der Waals surface area contributed by atoms with Crippen LogP contribution in [0.2, 0.25) is 0 Å². The van der Waals surface area contributed by atoms with E-state index in [0.717, 1.165) is 19.3 Å². The number of Topliss-reactive ketones (excluding diaryl/α,β-unsaturated/α-hetero) is 1. The van der Waals surface area contributed by atoms with Crippen LogP contribution in [0.3, 0.4) is 0 Å². The van der Waals surface area contributed by atoms with Gasteiger partial charge in [0.15, 0.2) is 0 Å². The molecule has 2 rings (SSSR count). The quantitative estimate of drug-likeness (QED) is 0.564. The maximum absolute atomic E-state index is 12.5. The standard InChI is InChI=1S/C17H28O3/c1-3-9-14(18)17(15(19)20-4-2)12-16(13-17)10-7-5-6-8-11-16/h3-13H2,1-2H3. The van der Waals surface area contributed by atoms with Crippen molar-refractivity contribution in [2.24, 2.45) is 10.8 Å². The Hall–Kier alpha value is -0.860. The summed E-state index contributed by atoms with van der Waals surface area (Å²) < 4.78 is 5.22. The van der Waals surface area contributed by atoms with Crippen molar-refractivity contribution < 1.29 is 14.3 Å². The third-order valence-electron chi connectivity index (χ3n) is 5.19. The first-order chi connectivity index (χ1) is 9.58. The molecule has 0 aromatic carbocycles. The van der Waals surface area contributed by atoms with Crippen molar-refractivity contribution in [3.05, 3.63) is 0 Å². The first-order valence-corrected chi connectivity index (χ1v) is 8.29. The summed E-state index contributed by atoms with van der Waals surface area (Å²) in [6, 6.07) is 0. The summed E-state index contributed by atoms with van der Waals surface area (Å²) in [6.45, 7) is 4.18.